The summed E-state index contributed by atoms with van der Waals surface area (Å²) in [5.41, 5.74) is 1.19. The predicted molar refractivity (Wildman–Crippen MR) is 76.5 cm³/mol. The van der Waals surface area contributed by atoms with E-state index in [9.17, 15) is 0 Å². The van der Waals surface area contributed by atoms with Gasteiger partial charge in [0.25, 0.3) is 0 Å². The Morgan fingerprint density at radius 1 is 1.44 bits per heavy atom. The number of anilines is 1. The van der Waals surface area contributed by atoms with Crippen molar-refractivity contribution in [1.82, 2.24) is 9.88 Å². The Kier molecular flexibility index (Phi) is 4.86. The summed E-state index contributed by atoms with van der Waals surface area (Å²) in [6, 6.07) is 4.67. The van der Waals surface area contributed by atoms with Crippen LogP contribution in [0.1, 0.15) is 0 Å². The normalized spacial score (nSPS) is 21.1. The molecule has 0 N–H and O–H groups in total. The van der Waals surface area contributed by atoms with Crippen LogP contribution in [0.5, 0.6) is 0 Å². The SMILES string of the molecule is CSc1ccc(N2CCOC[C@H](N(C)C)C2)cn1. The summed E-state index contributed by atoms with van der Waals surface area (Å²) >= 11 is 1.67. The zero-order chi connectivity index (χ0) is 13.0. The van der Waals surface area contributed by atoms with E-state index in [1.54, 1.807) is 11.8 Å². The summed E-state index contributed by atoms with van der Waals surface area (Å²) in [6.07, 6.45) is 4.01. The van der Waals surface area contributed by atoms with Gasteiger partial charge in [-0.2, -0.15) is 0 Å². The summed E-state index contributed by atoms with van der Waals surface area (Å²) in [6.45, 7) is 3.52. The topological polar surface area (TPSA) is 28.6 Å². The molecule has 1 aromatic heterocycles. The van der Waals surface area contributed by atoms with E-state index in [0.717, 1.165) is 31.3 Å². The van der Waals surface area contributed by atoms with Crippen molar-refractivity contribution in [2.24, 2.45) is 0 Å². The van der Waals surface area contributed by atoms with Gasteiger partial charge in [0.05, 0.1) is 30.1 Å². The molecule has 0 aliphatic carbocycles. The maximum absolute atomic E-state index is 5.66. The van der Waals surface area contributed by atoms with E-state index >= 15 is 0 Å². The number of rotatable bonds is 3. The van der Waals surface area contributed by atoms with Crippen LogP contribution in [0, 0.1) is 0 Å². The van der Waals surface area contributed by atoms with Gasteiger partial charge in [-0.15, -0.1) is 11.8 Å². The first kappa shape index (κ1) is 13.6. The van der Waals surface area contributed by atoms with Gasteiger partial charge < -0.3 is 14.5 Å². The number of pyridine rings is 1. The zero-order valence-corrected chi connectivity index (χ0v) is 12.1. The van der Waals surface area contributed by atoms with E-state index in [1.165, 1.54) is 5.69 Å². The minimum atomic E-state index is 0.438. The number of aromatic nitrogens is 1. The molecule has 4 nitrogen and oxygen atoms in total. The Balaban J connectivity index is 2.09. The van der Waals surface area contributed by atoms with E-state index in [2.05, 4.69) is 41.0 Å². The quantitative estimate of drug-likeness (QED) is 0.775. The number of nitrogens with zero attached hydrogens (tertiary/aromatic N) is 3. The molecular formula is C13H21N3OS. The summed E-state index contributed by atoms with van der Waals surface area (Å²) in [5, 5.41) is 1.06. The Morgan fingerprint density at radius 3 is 2.89 bits per heavy atom. The molecular weight excluding hydrogens is 246 g/mol. The van der Waals surface area contributed by atoms with Gasteiger partial charge in [-0.25, -0.2) is 4.98 Å². The fourth-order valence-corrected chi connectivity index (χ4v) is 2.38. The Labute approximate surface area is 113 Å². The van der Waals surface area contributed by atoms with E-state index < -0.39 is 0 Å². The summed E-state index contributed by atoms with van der Waals surface area (Å²) in [7, 11) is 4.21. The highest BCUT2D eigenvalue weighted by atomic mass is 32.2. The minimum absolute atomic E-state index is 0.438. The molecule has 1 aromatic rings. The van der Waals surface area contributed by atoms with Crippen LogP contribution < -0.4 is 4.90 Å². The Morgan fingerprint density at radius 2 is 2.28 bits per heavy atom. The van der Waals surface area contributed by atoms with Gasteiger partial charge in [-0.1, -0.05) is 0 Å². The first-order chi connectivity index (χ1) is 8.70. The largest absolute Gasteiger partial charge is 0.378 e. The molecule has 0 radical (unpaired) electrons. The molecule has 18 heavy (non-hydrogen) atoms. The highest BCUT2D eigenvalue weighted by Gasteiger charge is 2.20. The zero-order valence-electron chi connectivity index (χ0n) is 11.3. The molecule has 1 atom stereocenters. The van der Waals surface area contributed by atoms with Gasteiger partial charge in [0.2, 0.25) is 0 Å². The molecule has 1 aliphatic rings. The molecule has 5 heteroatoms. The van der Waals surface area contributed by atoms with Crippen LogP contribution in [-0.4, -0.2) is 62.6 Å². The van der Waals surface area contributed by atoms with Crippen LogP contribution in [0.25, 0.3) is 0 Å². The molecule has 1 fully saturated rings. The third kappa shape index (κ3) is 3.37. The van der Waals surface area contributed by atoms with Gasteiger partial charge >= 0.3 is 0 Å². The van der Waals surface area contributed by atoms with E-state index in [1.807, 2.05) is 12.5 Å². The second-order valence-corrected chi connectivity index (χ2v) is 5.52. The van der Waals surface area contributed by atoms with Gasteiger partial charge in [-0.3, -0.25) is 0 Å². The molecule has 0 spiro atoms. The maximum Gasteiger partial charge on any atom is 0.0958 e. The minimum Gasteiger partial charge on any atom is -0.378 e. The average Bonchev–Trinajstić information content (AvgIpc) is 2.65. The first-order valence-electron chi connectivity index (χ1n) is 6.20. The van der Waals surface area contributed by atoms with Crippen molar-refractivity contribution in [2.75, 3.05) is 51.6 Å². The lowest BCUT2D eigenvalue weighted by molar-refractivity contribution is 0.103. The fraction of sp³-hybridized carbons (Fsp3) is 0.615. The fourth-order valence-electron chi connectivity index (χ4n) is 2.02. The lowest BCUT2D eigenvalue weighted by atomic mass is 10.2. The van der Waals surface area contributed by atoms with Crippen molar-refractivity contribution in [1.29, 1.82) is 0 Å². The van der Waals surface area contributed by atoms with Crippen molar-refractivity contribution in [3.63, 3.8) is 0 Å². The highest BCUT2D eigenvalue weighted by molar-refractivity contribution is 7.98. The second kappa shape index (κ2) is 6.41. The maximum atomic E-state index is 5.66. The Bertz CT molecular complexity index is 369. The lowest BCUT2D eigenvalue weighted by Gasteiger charge is -2.28. The standard InChI is InChI=1S/C13H21N3OS/c1-15(2)12-9-16(6-7-17-10-12)11-4-5-13(18-3)14-8-11/h4-5,8,12H,6-7,9-10H2,1-3H3/t12-/m1/s1. The van der Waals surface area contributed by atoms with E-state index in [-0.39, 0.29) is 0 Å². The molecule has 0 unspecified atom stereocenters. The number of hydrogen-bond acceptors (Lipinski definition) is 5. The third-order valence-corrected chi connectivity index (χ3v) is 3.93. The van der Waals surface area contributed by atoms with Gasteiger partial charge in [0, 0.05) is 19.1 Å². The molecule has 2 heterocycles. The van der Waals surface area contributed by atoms with Crippen LogP contribution in [0.3, 0.4) is 0 Å². The highest BCUT2D eigenvalue weighted by Crippen LogP contribution is 2.19. The molecule has 0 aromatic carbocycles. The monoisotopic (exact) mass is 267 g/mol. The van der Waals surface area contributed by atoms with Gasteiger partial charge in [-0.05, 0) is 32.5 Å². The van der Waals surface area contributed by atoms with Crippen LogP contribution in [0.15, 0.2) is 23.4 Å². The molecule has 0 amide bonds. The van der Waals surface area contributed by atoms with Crippen LogP contribution in [0.2, 0.25) is 0 Å². The number of ether oxygens (including phenoxy) is 1. The van der Waals surface area contributed by atoms with Crippen LogP contribution >= 0.6 is 11.8 Å². The van der Waals surface area contributed by atoms with Gasteiger partial charge in [0.1, 0.15) is 0 Å². The molecule has 2 rings (SSSR count). The van der Waals surface area contributed by atoms with Crippen molar-refractivity contribution >= 4 is 17.4 Å². The first-order valence-corrected chi connectivity index (χ1v) is 7.42. The Hall–Kier alpha value is -0.780. The molecule has 1 saturated heterocycles. The lowest BCUT2D eigenvalue weighted by Crippen LogP contribution is -2.41. The van der Waals surface area contributed by atoms with E-state index in [0.29, 0.717) is 6.04 Å². The summed E-state index contributed by atoms with van der Waals surface area (Å²) in [4.78, 5) is 9.02. The van der Waals surface area contributed by atoms with Crippen molar-refractivity contribution in [2.45, 2.75) is 11.1 Å². The number of thioether (sulfide) groups is 1. The van der Waals surface area contributed by atoms with Crippen molar-refractivity contribution < 1.29 is 4.74 Å². The molecule has 0 saturated carbocycles. The molecule has 0 bridgehead atoms. The van der Waals surface area contributed by atoms with Gasteiger partial charge in [0.15, 0.2) is 0 Å². The summed E-state index contributed by atoms with van der Waals surface area (Å²) in [5.74, 6) is 0. The van der Waals surface area contributed by atoms with Crippen LogP contribution in [0.4, 0.5) is 5.69 Å². The molecule has 1 aliphatic heterocycles. The number of hydrogen-bond donors (Lipinski definition) is 0. The smallest absolute Gasteiger partial charge is 0.0958 e. The van der Waals surface area contributed by atoms with Crippen molar-refractivity contribution in [3.8, 4) is 0 Å². The summed E-state index contributed by atoms with van der Waals surface area (Å²) < 4.78 is 5.66. The predicted octanol–water partition coefficient (Wildman–Crippen LogP) is 1.57. The third-order valence-electron chi connectivity index (χ3n) is 3.27. The average molecular weight is 267 g/mol. The van der Waals surface area contributed by atoms with Crippen molar-refractivity contribution in [3.05, 3.63) is 18.3 Å². The van der Waals surface area contributed by atoms with Crippen LogP contribution in [-0.2, 0) is 4.74 Å². The second-order valence-electron chi connectivity index (χ2n) is 4.70. The molecule has 100 valence electrons. The number of likely N-dealkylation sites (N-methyl/N-ethyl adjacent to an activating group) is 1. The van der Waals surface area contributed by atoms with E-state index in [4.69, 9.17) is 4.74 Å².